The number of benzene rings is 2. The Labute approximate surface area is 155 Å². The Morgan fingerprint density at radius 3 is 2.46 bits per heavy atom. The number of rotatable bonds is 9. The average molecular weight is 353 g/mol. The fourth-order valence-electron chi connectivity index (χ4n) is 2.78. The maximum atomic E-state index is 12.4. The van der Waals surface area contributed by atoms with Gasteiger partial charge in [-0.1, -0.05) is 43.3 Å². The quantitative estimate of drug-likeness (QED) is 0.727. The third-order valence-electron chi connectivity index (χ3n) is 3.90. The van der Waals surface area contributed by atoms with Crippen molar-refractivity contribution >= 4 is 17.5 Å². The number of hydrogen-bond acceptors (Lipinski definition) is 3. The molecular formula is C21H27N3O2. The molecule has 0 heterocycles. The van der Waals surface area contributed by atoms with Gasteiger partial charge in [-0.15, -0.1) is 0 Å². The molecule has 5 heteroatoms. The van der Waals surface area contributed by atoms with E-state index in [2.05, 4.69) is 34.6 Å². The van der Waals surface area contributed by atoms with E-state index in [1.165, 1.54) is 5.56 Å². The minimum Gasteiger partial charge on any atom is -0.352 e. The van der Waals surface area contributed by atoms with E-state index < -0.39 is 0 Å². The Morgan fingerprint density at radius 1 is 1.00 bits per heavy atom. The first-order valence-corrected chi connectivity index (χ1v) is 9.06. The second-order valence-electron chi connectivity index (χ2n) is 6.18. The zero-order chi connectivity index (χ0) is 18.8. The molecule has 2 aromatic carbocycles. The second kappa shape index (κ2) is 10.4. The van der Waals surface area contributed by atoms with Gasteiger partial charge in [0.25, 0.3) is 5.91 Å². The van der Waals surface area contributed by atoms with Crippen molar-refractivity contribution in [2.75, 3.05) is 25.0 Å². The van der Waals surface area contributed by atoms with Crippen LogP contribution in [0, 0.1) is 0 Å². The Bertz CT molecular complexity index is 716. The van der Waals surface area contributed by atoms with E-state index in [1.54, 1.807) is 24.3 Å². The lowest BCUT2D eigenvalue weighted by molar-refractivity contribution is -0.117. The Balaban J connectivity index is 1.97. The Morgan fingerprint density at radius 2 is 1.77 bits per heavy atom. The highest BCUT2D eigenvalue weighted by Gasteiger charge is 2.12. The van der Waals surface area contributed by atoms with Gasteiger partial charge >= 0.3 is 0 Å². The molecule has 0 saturated heterocycles. The van der Waals surface area contributed by atoms with Crippen molar-refractivity contribution < 1.29 is 9.59 Å². The van der Waals surface area contributed by atoms with Gasteiger partial charge in [0.05, 0.1) is 6.54 Å². The van der Waals surface area contributed by atoms with Crippen LogP contribution in [0.5, 0.6) is 0 Å². The van der Waals surface area contributed by atoms with Crippen LogP contribution in [0.1, 0.15) is 36.2 Å². The number of carbonyl (C=O) groups is 2. The third-order valence-corrected chi connectivity index (χ3v) is 3.90. The van der Waals surface area contributed by atoms with Crippen molar-refractivity contribution in [3.05, 3.63) is 65.7 Å². The molecule has 0 unspecified atom stereocenters. The fourth-order valence-corrected chi connectivity index (χ4v) is 2.78. The summed E-state index contributed by atoms with van der Waals surface area (Å²) in [6, 6.07) is 17.1. The van der Waals surface area contributed by atoms with Crippen LogP contribution in [0.4, 0.5) is 5.69 Å². The fraction of sp³-hybridized carbons (Fsp3) is 0.333. The number of nitrogens with zero attached hydrogens (tertiary/aromatic N) is 1. The minimum absolute atomic E-state index is 0.0811. The topological polar surface area (TPSA) is 61.4 Å². The lowest BCUT2D eigenvalue weighted by Crippen LogP contribution is -2.33. The summed E-state index contributed by atoms with van der Waals surface area (Å²) in [6.07, 6.45) is 0.979. The molecule has 0 aliphatic rings. The lowest BCUT2D eigenvalue weighted by atomic mass is 10.2. The monoisotopic (exact) mass is 353 g/mol. The predicted molar refractivity (Wildman–Crippen MR) is 105 cm³/mol. The van der Waals surface area contributed by atoms with Crippen molar-refractivity contribution in [3.8, 4) is 0 Å². The van der Waals surface area contributed by atoms with Gasteiger partial charge in [0, 0.05) is 24.3 Å². The predicted octanol–water partition coefficient (Wildman–Crippen LogP) is 3.29. The molecule has 138 valence electrons. The molecule has 0 saturated carbocycles. The van der Waals surface area contributed by atoms with Crippen LogP contribution in [-0.4, -0.2) is 36.3 Å². The minimum atomic E-state index is -0.139. The molecule has 26 heavy (non-hydrogen) atoms. The molecule has 0 radical (unpaired) electrons. The number of carbonyl (C=O) groups excluding carboxylic acids is 2. The van der Waals surface area contributed by atoms with Crippen molar-refractivity contribution in [1.82, 2.24) is 10.2 Å². The summed E-state index contributed by atoms with van der Waals surface area (Å²) in [5.41, 5.74) is 2.36. The third kappa shape index (κ3) is 6.33. The molecule has 0 aliphatic heterocycles. The number of amides is 2. The molecule has 5 nitrogen and oxygen atoms in total. The van der Waals surface area contributed by atoms with Crippen LogP contribution in [-0.2, 0) is 11.3 Å². The van der Waals surface area contributed by atoms with E-state index >= 15 is 0 Å². The van der Waals surface area contributed by atoms with Crippen LogP contribution < -0.4 is 10.6 Å². The largest absolute Gasteiger partial charge is 0.352 e. The molecule has 2 N–H and O–H groups in total. The van der Waals surface area contributed by atoms with E-state index in [1.807, 2.05) is 25.1 Å². The van der Waals surface area contributed by atoms with Crippen LogP contribution in [0.25, 0.3) is 0 Å². The van der Waals surface area contributed by atoms with Gasteiger partial charge in [0.2, 0.25) is 5.91 Å². The molecule has 0 spiro atoms. The first-order chi connectivity index (χ1) is 12.6. The second-order valence-corrected chi connectivity index (χ2v) is 6.18. The lowest BCUT2D eigenvalue weighted by Gasteiger charge is -2.21. The molecular weight excluding hydrogens is 326 g/mol. The average Bonchev–Trinajstić information content (AvgIpc) is 2.63. The SMILES string of the molecule is CCCN(CC(=O)Nc1cccc(C(=O)NCC)c1)Cc1ccccc1. The normalized spacial score (nSPS) is 10.6. The van der Waals surface area contributed by atoms with Gasteiger partial charge in [-0.3, -0.25) is 14.5 Å². The van der Waals surface area contributed by atoms with Crippen LogP contribution in [0.2, 0.25) is 0 Å². The van der Waals surface area contributed by atoms with Crippen LogP contribution in [0.3, 0.4) is 0 Å². The maximum Gasteiger partial charge on any atom is 0.251 e. The molecule has 2 aromatic rings. The first-order valence-electron chi connectivity index (χ1n) is 9.06. The van der Waals surface area contributed by atoms with Crippen LogP contribution >= 0.6 is 0 Å². The van der Waals surface area contributed by atoms with Gasteiger partial charge in [-0.05, 0) is 43.7 Å². The van der Waals surface area contributed by atoms with E-state index in [-0.39, 0.29) is 11.8 Å². The van der Waals surface area contributed by atoms with E-state index in [0.29, 0.717) is 24.3 Å². The van der Waals surface area contributed by atoms with Gasteiger partial charge < -0.3 is 10.6 Å². The van der Waals surface area contributed by atoms with Gasteiger partial charge in [-0.25, -0.2) is 0 Å². The highest BCUT2D eigenvalue weighted by molar-refractivity contribution is 5.97. The first kappa shape index (κ1) is 19.7. The van der Waals surface area contributed by atoms with Crippen LogP contribution in [0.15, 0.2) is 54.6 Å². The Hall–Kier alpha value is -2.66. The number of nitrogens with one attached hydrogen (secondary N) is 2. The summed E-state index contributed by atoms with van der Waals surface area (Å²) >= 11 is 0. The number of anilines is 1. The standard InChI is InChI=1S/C21H27N3O2/c1-3-13-24(15-17-9-6-5-7-10-17)16-20(25)23-19-12-8-11-18(14-19)21(26)22-4-2/h5-12,14H,3-4,13,15-16H2,1-2H3,(H,22,26)(H,23,25). The van der Waals surface area contributed by atoms with Gasteiger partial charge in [0.1, 0.15) is 0 Å². The molecule has 0 atom stereocenters. The summed E-state index contributed by atoms with van der Waals surface area (Å²) in [5.74, 6) is -0.220. The zero-order valence-corrected chi connectivity index (χ0v) is 15.5. The highest BCUT2D eigenvalue weighted by atomic mass is 16.2. The summed E-state index contributed by atoms with van der Waals surface area (Å²) in [4.78, 5) is 26.5. The van der Waals surface area contributed by atoms with E-state index in [9.17, 15) is 9.59 Å². The number of hydrogen-bond donors (Lipinski definition) is 2. The molecule has 2 rings (SSSR count). The summed E-state index contributed by atoms with van der Waals surface area (Å²) in [6.45, 7) is 6.45. The smallest absolute Gasteiger partial charge is 0.251 e. The van der Waals surface area contributed by atoms with Gasteiger partial charge in [0.15, 0.2) is 0 Å². The highest BCUT2D eigenvalue weighted by Crippen LogP contribution is 2.11. The van der Waals surface area contributed by atoms with Gasteiger partial charge in [-0.2, -0.15) is 0 Å². The Kier molecular flexibility index (Phi) is 7.83. The summed E-state index contributed by atoms with van der Waals surface area (Å²) in [5, 5.41) is 5.65. The van der Waals surface area contributed by atoms with Crippen molar-refractivity contribution in [3.63, 3.8) is 0 Å². The molecule has 0 aromatic heterocycles. The van der Waals surface area contributed by atoms with E-state index in [0.717, 1.165) is 19.5 Å². The van der Waals surface area contributed by atoms with Crippen molar-refractivity contribution in [2.45, 2.75) is 26.8 Å². The molecule has 0 bridgehead atoms. The van der Waals surface area contributed by atoms with Crippen molar-refractivity contribution in [1.29, 1.82) is 0 Å². The summed E-state index contributed by atoms with van der Waals surface area (Å²) < 4.78 is 0. The van der Waals surface area contributed by atoms with Crippen molar-refractivity contribution in [2.24, 2.45) is 0 Å². The summed E-state index contributed by atoms with van der Waals surface area (Å²) in [7, 11) is 0. The zero-order valence-electron chi connectivity index (χ0n) is 15.5. The maximum absolute atomic E-state index is 12.4. The molecule has 2 amide bonds. The van der Waals surface area contributed by atoms with E-state index in [4.69, 9.17) is 0 Å². The molecule has 0 fully saturated rings. The molecule has 0 aliphatic carbocycles.